The zero-order valence-corrected chi connectivity index (χ0v) is 27.8. The van der Waals surface area contributed by atoms with Gasteiger partial charge in [-0.15, -0.1) is 0 Å². The van der Waals surface area contributed by atoms with Crippen molar-refractivity contribution in [1.29, 1.82) is 0 Å². The predicted octanol–water partition coefficient (Wildman–Crippen LogP) is 9.98. The average molecular weight is 625 g/mol. The maximum atomic E-state index is 15.6. The molecule has 2 aliphatic carbocycles. The maximum Gasteiger partial charge on any atom is 0.417 e. The third kappa shape index (κ3) is 5.80. The Hall–Kier alpha value is -1.91. The fraction of sp³-hybridized carbons (Fsp3) is 0.697. The van der Waals surface area contributed by atoms with Gasteiger partial charge in [0.15, 0.2) is 8.32 Å². The Morgan fingerprint density at radius 2 is 1.72 bits per heavy atom. The molecule has 1 spiro atoms. The number of hydrogen-bond acceptors (Lipinski definition) is 4. The predicted molar refractivity (Wildman–Crippen MR) is 159 cm³/mol. The van der Waals surface area contributed by atoms with Crippen LogP contribution in [-0.4, -0.2) is 24.2 Å². The Kier molecular flexibility index (Phi) is 7.78. The number of alkyl halides is 5. The molecule has 3 aliphatic rings. The van der Waals surface area contributed by atoms with E-state index in [2.05, 4.69) is 66.5 Å². The van der Waals surface area contributed by atoms with Crippen molar-refractivity contribution in [2.75, 3.05) is 0 Å². The first-order chi connectivity index (χ1) is 19.6. The van der Waals surface area contributed by atoms with Crippen molar-refractivity contribution in [2.24, 2.45) is 5.41 Å². The lowest BCUT2D eigenvalue weighted by Crippen LogP contribution is -2.46. The van der Waals surface area contributed by atoms with E-state index in [-0.39, 0.29) is 47.6 Å². The van der Waals surface area contributed by atoms with Crippen LogP contribution in [0.3, 0.4) is 0 Å². The molecule has 3 heterocycles. The second-order valence-corrected chi connectivity index (χ2v) is 20.3. The Labute approximate surface area is 253 Å². The molecule has 43 heavy (non-hydrogen) atoms. The fourth-order valence-electron chi connectivity index (χ4n) is 6.96. The second kappa shape index (κ2) is 10.3. The van der Waals surface area contributed by atoms with Crippen molar-refractivity contribution in [3.05, 3.63) is 57.7 Å². The zero-order chi connectivity index (χ0) is 32.0. The van der Waals surface area contributed by atoms with Crippen molar-refractivity contribution in [3.8, 4) is 0 Å². The van der Waals surface area contributed by atoms with E-state index in [0.717, 1.165) is 53.1 Å². The molecule has 0 radical (unpaired) electrons. The summed E-state index contributed by atoms with van der Waals surface area (Å²) in [5, 5.41) is -0.0380. The molecule has 10 heteroatoms. The Balaban J connectivity index is 1.67. The van der Waals surface area contributed by atoms with Gasteiger partial charge in [0.2, 0.25) is 0 Å². The topological polar surface area (TPSA) is 44.2 Å². The molecule has 2 aromatic rings. The van der Waals surface area contributed by atoms with Crippen LogP contribution in [0.5, 0.6) is 0 Å². The lowest BCUT2D eigenvalue weighted by atomic mass is 9.66. The van der Waals surface area contributed by atoms with Gasteiger partial charge in [0.05, 0.1) is 29.8 Å². The average Bonchev–Trinajstić information content (AvgIpc) is 3.21. The van der Waals surface area contributed by atoms with Gasteiger partial charge in [-0.2, -0.15) is 13.2 Å². The van der Waals surface area contributed by atoms with Crippen LogP contribution in [-0.2, 0) is 34.0 Å². The van der Waals surface area contributed by atoms with Crippen LogP contribution in [0.2, 0.25) is 18.1 Å². The molecule has 0 amide bonds. The largest absolute Gasteiger partial charge is 0.417 e. The van der Waals surface area contributed by atoms with E-state index >= 15 is 8.78 Å². The second-order valence-electron chi connectivity index (χ2n) is 15.5. The minimum absolute atomic E-state index is 0.0380. The summed E-state index contributed by atoms with van der Waals surface area (Å²) in [4.78, 5) is 9.16. The van der Waals surface area contributed by atoms with E-state index in [0.29, 0.717) is 6.20 Å². The summed E-state index contributed by atoms with van der Waals surface area (Å²) in [6, 6.07) is 1.95. The van der Waals surface area contributed by atoms with Gasteiger partial charge in [0.25, 0.3) is 5.92 Å². The molecule has 5 rings (SSSR count). The number of pyridine rings is 2. The van der Waals surface area contributed by atoms with Gasteiger partial charge < -0.3 is 9.16 Å². The zero-order valence-electron chi connectivity index (χ0n) is 26.8. The standard InChI is InChI=1S/C33H45F5N2O2Si/c1-19(2)28-21-18-41-31(12-13-32(34,35)22(14-31)23-11-10-20(17-39-23)33(36,37)38)27(21)26-24(40-28)15-30(6,7)16-25(26)42-43(8,9)29(3,4)5/h10-11,17,19,22,25H,12-16,18H2,1-9H3/t22?,25-,31?/m0/s1. The summed E-state index contributed by atoms with van der Waals surface area (Å²) in [7, 11) is -2.25. The summed E-state index contributed by atoms with van der Waals surface area (Å²) in [5.41, 5.74) is 2.66. The third-order valence-corrected chi connectivity index (χ3v) is 14.8. The normalized spacial score (nSPS) is 27.0. The molecule has 1 fully saturated rings. The highest BCUT2D eigenvalue weighted by Gasteiger charge is 2.58. The van der Waals surface area contributed by atoms with Crippen LogP contribution in [0.4, 0.5) is 22.0 Å². The van der Waals surface area contributed by atoms with E-state index in [9.17, 15) is 13.2 Å². The van der Waals surface area contributed by atoms with Gasteiger partial charge in [-0.3, -0.25) is 9.97 Å². The number of rotatable bonds is 4. The maximum absolute atomic E-state index is 15.6. The number of ether oxygens (including phenoxy) is 1. The minimum atomic E-state index is -4.60. The van der Waals surface area contributed by atoms with Gasteiger partial charge in [-0.1, -0.05) is 48.5 Å². The lowest BCUT2D eigenvalue weighted by molar-refractivity contribution is -0.146. The number of fused-ring (bicyclic) bond motifs is 4. The quantitative estimate of drug-likeness (QED) is 0.251. The molecule has 0 bridgehead atoms. The number of hydrogen-bond donors (Lipinski definition) is 0. The summed E-state index contributed by atoms with van der Waals surface area (Å²) in [6.45, 7) is 19.9. The Morgan fingerprint density at radius 1 is 1.05 bits per heavy atom. The molecule has 3 atom stereocenters. The molecule has 238 valence electrons. The van der Waals surface area contributed by atoms with Gasteiger partial charge in [0.1, 0.15) is 0 Å². The number of nitrogens with zero attached hydrogens (tertiary/aromatic N) is 2. The van der Waals surface area contributed by atoms with E-state index in [1.807, 2.05) is 0 Å². The molecule has 0 N–H and O–H groups in total. The van der Waals surface area contributed by atoms with Crippen molar-refractivity contribution in [1.82, 2.24) is 9.97 Å². The van der Waals surface area contributed by atoms with Crippen LogP contribution in [0.15, 0.2) is 18.3 Å². The molecular weight excluding hydrogens is 579 g/mol. The third-order valence-electron chi connectivity index (χ3n) is 10.3. The summed E-state index contributed by atoms with van der Waals surface area (Å²) in [6.07, 6.45) is -3.10. The van der Waals surface area contributed by atoms with Gasteiger partial charge in [-0.25, -0.2) is 8.78 Å². The molecule has 2 aromatic heterocycles. The van der Waals surface area contributed by atoms with Crippen molar-refractivity contribution < 1.29 is 31.1 Å². The van der Waals surface area contributed by atoms with Gasteiger partial charge in [-0.05, 0) is 72.8 Å². The highest BCUT2D eigenvalue weighted by molar-refractivity contribution is 6.74. The molecule has 0 aromatic carbocycles. The SMILES string of the molecule is CC(C)c1nc2c(c3c1COC31CCC(F)(F)C(c3ccc(C(F)(F)F)cn3)C1)[C@@H](O[Si](C)(C)C(C)(C)C)CC(C)(C)C2. The smallest absolute Gasteiger partial charge is 0.410 e. The summed E-state index contributed by atoms with van der Waals surface area (Å²) in [5.74, 6) is -4.43. The van der Waals surface area contributed by atoms with Crippen LogP contribution in [0.1, 0.15) is 131 Å². The number of aromatic nitrogens is 2. The Bertz CT molecular complexity index is 1380. The van der Waals surface area contributed by atoms with Crippen LogP contribution in [0.25, 0.3) is 0 Å². The minimum Gasteiger partial charge on any atom is -0.410 e. The molecule has 2 unspecified atom stereocenters. The van der Waals surface area contributed by atoms with E-state index < -0.39 is 43.9 Å². The van der Waals surface area contributed by atoms with Crippen LogP contribution >= 0.6 is 0 Å². The summed E-state index contributed by atoms with van der Waals surface area (Å²) >= 11 is 0. The Morgan fingerprint density at radius 3 is 2.28 bits per heavy atom. The van der Waals surface area contributed by atoms with Crippen molar-refractivity contribution >= 4 is 8.32 Å². The molecule has 4 nitrogen and oxygen atoms in total. The molecule has 0 saturated heterocycles. The number of halogens is 5. The van der Waals surface area contributed by atoms with E-state index in [4.69, 9.17) is 14.1 Å². The monoisotopic (exact) mass is 624 g/mol. The van der Waals surface area contributed by atoms with E-state index in [1.165, 1.54) is 0 Å². The lowest BCUT2D eigenvalue weighted by Gasteiger charge is -2.47. The highest BCUT2D eigenvalue weighted by Crippen LogP contribution is 2.60. The fourth-order valence-corrected chi connectivity index (χ4v) is 8.23. The first-order valence-electron chi connectivity index (χ1n) is 15.4. The van der Waals surface area contributed by atoms with Crippen LogP contribution in [0, 0.1) is 5.41 Å². The van der Waals surface area contributed by atoms with Gasteiger partial charge >= 0.3 is 6.18 Å². The van der Waals surface area contributed by atoms with E-state index in [1.54, 1.807) is 0 Å². The van der Waals surface area contributed by atoms with Crippen molar-refractivity contribution in [2.45, 2.75) is 141 Å². The van der Waals surface area contributed by atoms with Crippen molar-refractivity contribution in [3.63, 3.8) is 0 Å². The van der Waals surface area contributed by atoms with Crippen LogP contribution < -0.4 is 0 Å². The first-order valence-corrected chi connectivity index (χ1v) is 18.3. The first kappa shape index (κ1) is 32.5. The molecular formula is C33H45F5N2O2Si. The summed E-state index contributed by atoms with van der Waals surface area (Å²) < 4.78 is 84.7. The molecule has 1 saturated carbocycles. The molecule has 1 aliphatic heterocycles. The van der Waals surface area contributed by atoms with Gasteiger partial charge in [0, 0.05) is 40.8 Å². The highest BCUT2D eigenvalue weighted by atomic mass is 28.4.